The van der Waals surface area contributed by atoms with Crippen LogP contribution in [-0.2, 0) is 0 Å². The summed E-state index contributed by atoms with van der Waals surface area (Å²) in [7, 11) is 0. The quantitative estimate of drug-likeness (QED) is 0.551. The van der Waals surface area contributed by atoms with Crippen LogP contribution in [0.25, 0.3) is 17.0 Å². The summed E-state index contributed by atoms with van der Waals surface area (Å²) >= 11 is 1.46. The molecule has 1 amide bonds. The van der Waals surface area contributed by atoms with Crippen LogP contribution in [0.4, 0.5) is 5.13 Å². The number of carbonyl (C=O) groups excluding carboxylic acids is 1. The van der Waals surface area contributed by atoms with E-state index in [1.165, 1.54) is 24.2 Å². The Morgan fingerprint density at radius 2 is 2.03 bits per heavy atom. The third-order valence-electron chi connectivity index (χ3n) is 5.48. The Morgan fingerprint density at radius 1 is 1.21 bits per heavy atom. The Balaban J connectivity index is 1.57. The van der Waals surface area contributed by atoms with Crippen LogP contribution in [0.3, 0.4) is 0 Å². The molecule has 4 aromatic rings. The SMILES string of the molecule is Cc1nc(NC(=O)c2nc(-c3ccnn3C3CCCC3)n3ccncc23)sc1C. The number of nitrogens with zero attached hydrogens (tertiary/aromatic N) is 6. The lowest BCUT2D eigenvalue weighted by molar-refractivity contribution is 0.102. The number of aryl methyl sites for hydroxylation is 2. The molecule has 1 aliphatic carbocycles. The van der Waals surface area contributed by atoms with E-state index in [1.807, 2.05) is 30.5 Å². The molecule has 0 aromatic carbocycles. The molecule has 1 aliphatic rings. The van der Waals surface area contributed by atoms with Gasteiger partial charge in [0, 0.05) is 23.5 Å². The minimum atomic E-state index is -0.289. The summed E-state index contributed by atoms with van der Waals surface area (Å²) in [6.07, 6.45) is 11.7. The van der Waals surface area contributed by atoms with Crippen LogP contribution in [0.15, 0.2) is 30.9 Å². The molecule has 4 aromatic heterocycles. The molecule has 9 heteroatoms. The van der Waals surface area contributed by atoms with Gasteiger partial charge in [-0.25, -0.2) is 9.97 Å². The molecular formula is C20H21N7OS. The largest absolute Gasteiger partial charge is 0.296 e. The summed E-state index contributed by atoms with van der Waals surface area (Å²) in [5.74, 6) is 0.408. The van der Waals surface area contributed by atoms with Crippen LogP contribution in [0.1, 0.15) is 52.8 Å². The minimum Gasteiger partial charge on any atom is -0.296 e. The Labute approximate surface area is 171 Å². The van der Waals surface area contributed by atoms with E-state index in [-0.39, 0.29) is 5.91 Å². The molecule has 0 radical (unpaired) electrons. The molecule has 148 valence electrons. The van der Waals surface area contributed by atoms with Gasteiger partial charge in [0.25, 0.3) is 5.91 Å². The van der Waals surface area contributed by atoms with E-state index in [0.29, 0.717) is 28.2 Å². The van der Waals surface area contributed by atoms with Crippen LogP contribution in [0, 0.1) is 13.8 Å². The molecule has 8 nitrogen and oxygen atoms in total. The highest BCUT2D eigenvalue weighted by molar-refractivity contribution is 7.15. The maximum atomic E-state index is 13.0. The summed E-state index contributed by atoms with van der Waals surface area (Å²) in [5.41, 5.74) is 2.82. The molecule has 0 atom stereocenters. The van der Waals surface area contributed by atoms with E-state index < -0.39 is 0 Å². The van der Waals surface area contributed by atoms with Crippen molar-refractivity contribution in [2.45, 2.75) is 45.6 Å². The Kier molecular flexibility index (Phi) is 4.39. The van der Waals surface area contributed by atoms with Gasteiger partial charge in [-0.2, -0.15) is 5.10 Å². The van der Waals surface area contributed by atoms with Crippen LogP contribution < -0.4 is 5.32 Å². The van der Waals surface area contributed by atoms with Crippen LogP contribution in [0.5, 0.6) is 0 Å². The molecule has 0 unspecified atom stereocenters. The van der Waals surface area contributed by atoms with E-state index in [9.17, 15) is 4.79 Å². The summed E-state index contributed by atoms with van der Waals surface area (Å²) in [5, 5.41) is 8.01. The van der Waals surface area contributed by atoms with Crippen LogP contribution >= 0.6 is 11.3 Å². The minimum absolute atomic E-state index is 0.289. The topological polar surface area (TPSA) is 90.0 Å². The number of imidazole rings is 1. The number of fused-ring (bicyclic) bond motifs is 1. The Hall–Kier alpha value is -3.07. The van der Waals surface area contributed by atoms with Gasteiger partial charge in [0.05, 0.1) is 23.4 Å². The van der Waals surface area contributed by atoms with Gasteiger partial charge in [0.1, 0.15) is 5.69 Å². The van der Waals surface area contributed by atoms with Crippen molar-refractivity contribution in [3.63, 3.8) is 0 Å². The van der Waals surface area contributed by atoms with Gasteiger partial charge in [-0.1, -0.05) is 12.8 Å². The van der Waals surface area contributed by atoms with Gasteiger partial charge < -0.3 is 0 Å². The third kappa shape index (κ3) is 3.11. The van der Waals surface area contributed by atoms with E-state index in [0.717, 1.165) is 29.1 Å². The predicted octanol–water partition coefficient (Wildman–Crippen LogP) is 4.03. The normalized spacial score (nSPS) is 14.7. The molecular weight excluding hydrogens is 386 g/mol. The molecule has 4 heterocycles. The summed E-state index contributed by atoms with van der Waals surface area (Å²) in [6.45, 7) is 3.92. The number of amides is 1. The first-order chi connectivity index (χ1) is 14.1. The van der Waals surface area contributed by atoms with Gasteiger partial charge in [0.2, 0.25) is 0 Å². The number of thiazole rings is 1. The van der Waals surface area contributed by atoms with Crippen molar-refractivity contribution in [3.8, 4) is 11.5 Å². The highest BCUT2D eigenvalue weighted by Gasteiger charge is 2.25. The van der Waals surface area contributed by atoms with Gasteiger partial charge in [-0.3, -0.25) is 24.2 Å². The second kappa shape index (κ2) is 7.07. The van der Waals surface area contributed by atoms with Crippen molar-refractivity contribution in [1.29, 1.82) is 0 Å². The standard InChI is InChI=1S/C20H21N7OS/c1-12-13(2)29-20(23-12)25-19(28)17-16-11-21-9-10-26(16)18(24-17)15-7-8-22-27(15)14-5-3-4-6-14/h7-11,14H,3-6H2,1-2H3,(H,23,25,28). The van der Waals surface area contributed by atoms with E-state index in [1.54, 1.807) is 18.6 Å². The zero-order chi connectivity index (χ0) is 20.0. The van der Waals surface area contributed by atoms with Crippen LogP contribution in [0.2, 0.25) is 0 Å². The monoisotopic (exact) mass is 407 g/mol. The van der Waals surface area contributed by atoms with E-state index in [4.69, 9.17) is 4.98 Å². The fraction of sp³-hybridized carbons (Fsp3) is 0.350. The van der Waals surface area contributed by atoms with Gasteiger partial charge in [0.15, 0.2) is 16.6 Å². The lowest BCUT2D eigenvalue weighted by Gasteiger charge is -2.13. The van der Waals surface area contributed by atoms with Crippen molar-refractivity contribution in [2.24, 2.45) is 0 Å². The first-order valence-corrected chi connectivity index (χ1v) is 10.5. The number of hydrogen-bond donors (Lipinski definition) is 1. The van der Waals surface area contributed by atoms with Crippen molar-refractivity contribution in [2.75, 3.05) is 5.32 Å². The molecule has 5 rings (SSSR count). The highest BCUT2D eigenvalue weighted by atomic mass is 32.1. The Bertz CT molecular complexity index is 1180. The molecule has 1 N–H and O–H groups in total. The Morgan fingerprint density at radius 3 is 2.79 bits per heavy atom. The third-order valence-corrected chi connectivity index (χ3v) is 6.47. The number of anilines is 1. The van der Waals surface area contributed by atoms with E-state index >= 15 is 0 Å². The molecule has 0 saturated heterocycles. The smallest absolute Gasteiger partial charge is 0.278 e. The van der Waals surface area contributed by atoms with Gasteiger partial charge in [-0.15, -0.1) is 11.3 Å². The second-order valence-corrected chi connectivity index (χ2v) is 8.53. The maximum absolute atomic E-state index is 13.0. The number of aromatic nitrogens is 6. The van der Waals surface area contributed by atoms with Crippen LogP contribution in [-0.4, -0.2) is 35.0 Å². The molecule has 0 bridgehead atoms. The van der Waals surface area contributed by atoms with E-state index in [2.05, 4.69) is 25.1 Å². The highest BCUT2D eigenvalue weighted by Crippen LogP contribution is 2.33. The lowest BCUT2D eigenvalue weighted by atomic mass is 10.2. The summed E-state index contributed by atoms with van der Waals surface area (Å²) in [6, 6.07) is 2.34. The molecule has 1 fully saturated rings. The zero-order valence-corrected chi connectivity index (χ0v) is 17.1. The lowest BCUT2D eigenvalue weighted by Crippen LogP contribution is -2.13. The van der Waals surface area contributed by atoms with Crippen molar-refractivity contribution >= 4 is 27.9 Å². The average molecular weight is 408 g/mol. The fourth-order valence-corrected chi connectivity index (χ4v) is 4.71. The molecule has 1 saturated carbocycles. The van der Waals surface area contributed by atoms with Crippen molar-refractivity contribution in [1.82, 2.24) is 29.1 Å². The van der Waals surface area contributed by atoms with Gasteiger partial charge >= 0.3 is 0 Å². The average Bonchev–Trinajstić information content (AvgIpc) is 3.48. The fourth-order valence-electron chi connectivity index (χ4n) is 3.90. The number of rotatable bonds is 4. The van der Waals surface area contributed by atoms with Gasteiger partial charge in [-0.05, 0) is 32.8 Å². The molecule has 29 heavy (non-hydrogen) atoms. The number of carbonyl (C=O) groups is 1. The van der Waals surface area contributed by atoms with Crippen molar-refractivity contribution < 1.29 is 4.79 Å². The first kappa shape index (κ1) is 18.0. The zero-order valence-electron chi connectivity index (χ0n) is 16.3. The second-order valence-electron chi connectivity index (χ2n) is 7.33. The molecule has 0 aliphatic heterocycles. The predicted molar refractivity (Wildman–Crippen MR) is 111 cm³/mol. The maximum Gasteiger partial charge on any atom is 0.278 e. The summed E-state index contributed by atoms with van der Waals surface area (Å²) in [4.78, 5) is 27.4. The van der Waals surface area contributed by atoms with Crippen molar-refractivity contribution in [3.05, 3.63) is 47.1 Å². The number of nitrogens with one attached hydrogen (secondary N) is 1. The molecule has 0 spiro atoms. The summed E-state index contributed by atoms with van der Waals surface area (Å²) < 4.78 is 3.96. The first-order valence-electron chi connectivity index (χ1n) is 9.73. The number of hydrogen-bond acceptors (Lipinski definition) is 6.